The Hall–Kier alpha value is -2.60. The van der Waals surface area contributed by atoms with Crippen LogP contribution in [0.15, 0.2) is 48.8 Å². The van der Waals surface area contributed by atoms with Crippen molar-refractivity contribution in [1.82, 2.24) is 9.88 Å². The van der Waals surface area contributed by atoms with Gasteiger partial charge in [-0.15, -0.1) is 0 Å². The zero-order valence-electron chi connectivity index (χ0n) is 14.4. The molecule has 2 aromatic rings. The van der Waals surface area contributed by atoms with Crippen LogP contribution in [0.1, 0.15) is 18.4 Å². The van der Waals surface area contributed by atoms with Crippen LogP contribution in [0, 0.1) is 0 Å². The Kier molecular flexibility index (Phi) is 5.85. The fourth-order valence-corrected chi connectivity index (χ4v) is 2.72. The normalized spacial score (nSPS) is 14.0. The van der Waals surface area contributed by atoms with Gasteiger partial charge >= 0.3 is 6.03 Å². The lowest BCUT2D eigenvalue weighted by molar-refractivity contribution is 0.110. The molecule has 1 aliphatic rings. The summed E-state index contributed by atoms with van der Waals surface area (Å²) < 4.78 is 11.0. The van der Waals surface area contributed by atoms with Gasteiger partial charge in [-0.3, -0.25) is 4.98 Å². The number of aromatic nitrogens is 1. The van der Waals surface area contributed by atoms with Crippen LogP contribution < -0.4 is 10.1 Å². The zero-order valence-corrected chi connectivity index (χ0v) is 14.4. The van der Waals surface area contributed by atoms with Gasteiger partial charge in [0.05, 0.1) is 12.3 Å². The first-order chi connectivity index (χ1) is 12.3. The summed E-state index contributed by atoms with van der Waals surface area (Å²) in [6.07, 6.45) is 3.62. The summed E-state index contributed by atoms with van der Waals surface area (Å²) in [5, 5.41) is 2.93. The van der Waals surface area contributed by atoms with Gasteiger partial charge in [-0.05, 0) is 30.7 Å². The number of rotatable bonds is 7. The molecule has 3 rings (SSSR count). The second-order valence-electron chi connectivity index (χ2n) is 5.86. The van der Waals surface area contributed by atoms with Gasteiger partial charge in [-0.2, -0.15) is 0 Å². The number of para-hydroxylation sites is 2. The lowest BCUT2D eigenvalue weighted by Gasteiger charge is -2.39. The fraction of sp³-hybridized carbons (Fsp3) is 0.368. The molecule has 0 bridgehead atoms. The molecule has 1 fully saturated rings. The first-order valence-corrected chi connectivity index (χ1v) is 8.53. The summed E-state index contributed by atoms with van der Waals surface area (Å²) in [7, 11) is 0. The van der Waals surface area contributed by atoms with Crippen molar-refractivity contribution in [1.29, 1.82) is 0 Å². The molecule has 1 aromatic heterocycles. The lowest BCUT2D eigenvalue weighted by atomic mass is 9.93. The van der Waals surface area contributed by atoms with Crippen LogP contribution in [0.5, 0.6) is 5.75 Å². The highest BCUT2D eigenvalue weighted by atomic mass is 16.5. The number of ether oxygens (including phenoxy) is 2. The molecule has 0 atom stereocenters. The van der Waals surface area contributed by atoms with E-state index in [4.69, 9.17) is 9.47 Å². The Labute approximate surface area is 147 Å². The smallest absolute Gasteiger partial charge is 0.321 e. The molecule has 0 aliphatic carbocycles. The van der Waals surface area contributed by atoms with Crippen molar-refractivity contribution in [3.05, 3.63) is 54.4 Å². The molecule has 0 radical (unpaired) electrons. The van der Waals surface area contributed by atoms with Crippen LogP contribution in [0.25, 0.3) is 0 Å². The van der Waals surface area contributed by atoms with E-state index < -0.39 is 0 Å². The number of likely N-dealkylation sites (tertiary alicyclic amines) is 1. The number of nitrogens with zero attached hydrogens (tertiary/aromatic N) is 2. The van der Waals surface area contributed by atoms with Crippen LogP contribution in [-0.4, -0.2) is 48.8 Å². The molecular weight excluding hydrogens is 318 g/mol. The third kappa shape index (κ3) is 4.48. The Balaban J connectivity index is 1.52. The highest BCUT2D eigenvalue weighted by molar-refractivity contribution is 5.91. The summed E-state index contributed by atoms with van der Waals surface area (Å²) in [5.41, 5.74) is 1.85. The molecule has 1 N–H and O–H groups in total. The van der Waals surface area contributed by atoms with Crippen molar-refractivity contribution in [2.24, 2.45) is 0 Å². The Morgan fingerprint density at radius 2 is 2.08 bits per heavy atom. The number of pyridine rings is 1. The maximum atomic E-state index is 12.4. The molecule has 1 aliphatic heterocycles. The number of amides is 2. The Bertz CT molecular complexity index is 687. The van der Waals surface area contributed by atoms with Gasteiger partial charge in [0.1, 0.15) is 12.4 Å². The fourth-order valence-electron chi connectivity index (χ4n) is 2.72. The molecule has 0 unspecified atom stereocenters. The van der Waals surface area contributed by atoms with E-state index in [9.17, 15) is 4.79 Å². The Morgan fingerprint density at radius 3 is 2.84 bits per heavy atom. The minimum atomic E-state index is -0.110. The minimum Gasteiger partial charge on any atom is -0.489 e. The van der Waals surface area contributed by atoms with Crippen molar-refractivity contribution < 1.29 is 14.3 Å². The second kappa shape index (κ2) is 8.48. The number of urea groups is 1. The standard InChI is InChI=1S/C19H23N3O3/c1-2-24-10-11-25-18-8-4-3-7-17(18)21-19(23)22-13-16(14-22)15-6-5-9-20-12-15/h3-9,12,16H,2,10-11,13-14H2,1H3,(H,21,23). The largest absolute Gasteiger partial charge is 0.489 e. The first-order valence-electron chi connectivity index (χ1n) is 8.53. The van der Waals surface area contributed by atoms with E-state index in [0.29, 0.717) is 50.3 Å². The van der Waals surface area contributed by atoms with E-state index in [1.165, 1.54) is 5.56 Å². The first kappa shape index (κ1) is 17.2. The molecule has 6 nitrogen and oxygen atoms in total. The van der Waals surface area contributed by atoms with Crippen molar-refractivity contribution in [2.45, 2.75) is 12.8 Å². The van der Waals surface area contributed by atoms with Gasteiger partial charge in [0, 0.05) is 38.0 Å². The maximum Gasteiger partial charge on any atom is 0.321 e. The van der Waals surface area contributed by atoms with Crippen LogP contribution in [-0.2, 0) is 4.74 Å². The van der Waals surface area contributed by atoms with E-state index in [0.717, 1.165) is 0 Å². The predicted octanol–water partition coefficient (Wildman–Crippen LogP) is 3.13. The van der Waals surface area contributed by atoms with Crippen LogP contribution >= 0.6 is 0 Å². The molecule has 132 valence electrons. The van der Waals surface area contributed by atoms with E-state index >= 15 is 0 Å². The number of anilines is 1. The van der Waals surface area contributed by atoms with Crippen molar-refractivity contribution >= 4 is 11.7 Å². The third-order valence-corrected chi connectivity index (χ3v) is 4.14. The molecule has 0 saturated carbocycles. The molecular formula is C19H23N3O3. The van der Waals surface area contributed by atoms with Crippen LogP contribution in [0.2, 0.25) is 0 Å². The number of hydrogen-bond donors (Lipinski definition) is 1. The zero-order chi connectivity index (χ0) is 17.5. The third-order valence-electron chi connectivity index (χ3n) is 4.14. The van der Waals surface area contributed by atoms with E-state index in [1.54, 1.807) is 11.1 Å². The van der Waals surface area contributed by atoms with Crippen LogP contribution in [0.3, 0.4) is 0 Å². The van der Waals surface area contributed by atoms with Gasteiger partial charge < -0.3 is 19.7 Å². The highest BCUT2D eigenvalue weighted by Gasteiger charge is 2.32. The number of carbonyl (C=O) groups excluding carboxylic acids is 1. The summed E-state index contributed by atoms with van der Waals surface area (Å²) in [6, 6.07) is 11.3. The molecule has 6 heteroatoms. The summed E-state index contributed by atoms with van der Waals surface area (Å²) in [4.78, 5) is 18.3. The lowest BCUT2D eigenvalue weighted by Crippen LogP contribution is -2.50. The van der Waals surface area contributed by atoms with Crippen molar-refractivity contribution in [3.8, 4) is 5.75 Å². The molecule has 2 heterocycles. The monoisotopic (exact) mass is 341 g/mol. The SMILES string of the molecule is CCOCCOc1ccccc1NC(=O)N1CC(c2cccnc2)C1. The summed E-state index contributed by atoms with van der Waals surface area (Å²) in [6.45, 7) is 4.98. The number of benzene rings is 1. The average molecular weight is 341 g/mol. The Morgan fingerprint density at radius 1 is 1.24 bits per heavy atom. The second-order valence-corrected chi connectivity index (χ2v) is 5.86. The van der Waals surface area contributed by atoms with Crippen molar-refractivity contribution in [2.75, 3.05) is 38.2 Å². The topological polar surface area (TPSA) is 63.7 Å². The predicted molar refractivity (Wildman–Crippen MR) is 96.0 cm³/mol. The van der Waals surface area contributed by atoms with E-state index in [1.807, 2.05) is 43.5 Å². The molecule has 1 saturated heterocycles. The van der Waals surface area contributed by atoms with Gasteiger partial charge in [0.15, 0.2) is 0 Å². The molecule has 0 spiro atoms. The average Bonchev–Trinajstić information content (AvgIpc) is 2.60. The minimum absolute atomic E-state index is 0.110. The van der Waals surface area contributed by atoms with Crippen LogP contribution in [0.4, 0.5) is 10.5 Å². The van der Waals surface area contributed by atoms with E-state index in [2.05, 4.69) is 16.4 Å². The number of carbonyl (C=O) groups is 1. The highest BCUT2D eigenvalue weighted by Crippen LogP contribution is 2.29. The molecule has 25 heavy (non-hydrogen) atoms. The van der Waals surface area contributed by atoms with Crippen molar-refractivity contribution in [3.63, 3.8) is 0 Å². The molecule has 2 amide bonds. The maximum absolute atomic E-state index is 12.4. The summed E-state index contributed by atoms with van der Waals surface area (Å²) in [5.74, 6) is 1.01. The number of hydrogen-bond acceptors (Lipinski definition) is 4. The summed E-state index contributed by atoms with van der Waals surface area (Å²) >= 11 is 0. The number of nitrogens with one attached hydrogen (secondary N) is 1. The van der Waals surface area contributed by atoms with E-state index in [-0.39, 0.29) is 6.03 Å². The van der Waals surface area contributed by atoms with Gasteiger partial charge in [-0.1, -0.05) is 18.2 Å². The van der Waals surface area contributed by atoms with Gasteiger partial charge in [0.25, 0.3) is 0 Å². The quantitative estimate of drug-likeness (QED) is 0.786. The van der Waals surface area contributed by atoms with Gasteiger partial charge in [0.2, 0.25) is 0 Å². The van der Waals surface area contributed by atoms with Gasteiger partial charge in [-0.25, -0.2) is 4.79 Å². The molecule has 1 aromatic carbocycles.